The number of amides is 1. The number of quaternary nitrogens is 1. The van der Waals surface area contributed by atoms with Gasteiger partial charge in [-0.3, -0.25) is 29.8 Å². The first-order valence-corrected chi connectivity index (χ1v) is 25.9. The highest BCUT2D eigenvalue weighted by Gasteiger charge is 2.31. The number of carbonyl (C=O) groups excluding carboxylic acids is 1. The molecule has 0 aliphatic carbocycles. The van der Waals surface area contributed by atoms with E-state index in [0.29, 0.717) is 40.3 Å². The molecule has 370 valence electrons. The number of unbranched alkanes of at least 4 members (excludes halogenated alkanes) is 4. The van der Waals surface area contributed by atoms with Crippen molar-refractivity contribution >= 4 is 31.1 Å². The van der Waals surface area contributed by atoms with Crippen LogP contribution in [0.5, 0.6) is 5.75 Å². The molecule has 0 radical (unpaired) electrons. The molecule has 6 N–H and O–H groups in total. The molecule has 70 heavy (non-hydrogen) atoms. The first kappa shape index (κ1) is 52.0. The summed E-state index contributed by atoms with van der Waals surface area (Å²) < 4.78 is 23.8. The summed E-state index contributed by atoms with van der Waals surface area (Å²) in [6.45, 7) is 8.72. The number of hydrogen-bond donors (Lipinski definition) is 6. The van der Waals surface area contributed by atoms with E-state index in [1.54, 1.807) is 24.7 Å². The summed E-state index contributed by atoms with van der Waals surface area (Å²) in [5, 5.41) is 20.2. The van der Waals surface area contributed by atoms with E-state index in [2.05, 4.69) is 67.1 Å². The van der Waals surface area contributed by atoms with Crippen molar-refractivity contribution in [3.05, 3.63) is 161 Å². The molecular weight excluding hydrogens is 904 g/mol. The summed E-state index contributed by atoms with van der Waals surface area (Å²) in [7, 11) is -2.69. The van der Waals surface area contributed by atoms with Gasteiger partial charge in [-0.2, -0.15) is 0 Å². The number of nitrogens with one attached hydrogen (secondary N) is 3. The lowest BCUT2D eigenvalue weighted by Crippen LogP contribution is -2.56. The predicted octanol–water partition coefficient (Wildman–Crippen LogP) is 8.83. The Kier molecular flexibility index (Phi) is 19.2. The summed E-state index contributed by atoms with van der Waals surface area (Å²) in [5.41, 5.74) is 8.44. The van der Waals surface area contributed by atoms with E-state index in [1.165, 1.54) is 5.56 Å². The van der Waals surface area contributed by atoms with Crippen molar-refractivity contribution in [2.75, 3.05) is 63.6 Å². The number of hydrogen-bond acceptors (Lipinski definition) is 11. The second kappa shape index (κ2) is 25.8. The minimum Gasteiger partial charge on any atom is -0.404 e. The van der Waals surface area contributed by atoms with Crippen LogP contribution in [0.4, 0.5) is 17.3 Å². The average Bonchev–Trinajstić information content (AvgIpc) is 3.35. The molecule has 4 aromatic carbocycles. The summed E-state index contributed by atoms with van der Waals surface area (Å²) in [4.78, 5) is 48.6. The van der Waals surface area contributed by atoms with Gasteiger partial charge in [0.2, 0.25) is 5.95 Å². The number of rotatable bonds is 26. The van der Waals surface area contributed by atoms with Crippen LogP contribution in [-0.2, 0) is 35.2 Å². The van der Waals surface area contributed by atoms with Crippen LogP contribution in [0.2, 0.25) is 0 Å². The minimum absolute atomic E-state index is 0.138. The van der Waals surface area contributed by atoms with Crippen LogP contribution in [0, 0.1) is 6.92 Å². The number of aliphatic hydroxyl groups is 1. The SMILES string of the molecule is Cc1ccc(NC(=O)c2ccc(CN3CC[N+](C)(Cc4ccc(CC(O)NCCCCCCOCCCCc5ccccc5)cc4OP(=O)(O)O)CC3)cc2)cc1Nc1nccc(-c2cccnc2)n1. The van der Waals surface area contributed by atoms with Crippen LogP contribution < -0.4 is 20.5 Å². The highest BCUT2D eigenvalue weighted by Crippen LogP contribution is 2.40. The molecule has 1 unspecified atom stereocenters. The third-order valence-electron chi connectivity index (χ3n) is 12.7. The molecule has 6 aromatic rings. The van der Waals surface area contributed by atoms with E-state index in [1.807, 2.05) is 85.8 Å². The molecule has 0 bridgehead atoms. The number of carbonyl (C=O) groups is 1. The number of phosphoric ester groups is 1. The number of ether oxygens (including phenoxy) is 1. The number of aliphatic hydroxyl groups excluding tert-OH is 1. The van der Waals surface area contributed by atoms with Gasteiger partial charge in [-0.05, 0) is 122 Å². The monoisotopic (exact) mass is 971 g/mol. The molecule has 3 heterocycles. The molecule has 15 nitrogen and oxygen atoms in total. The highest BCUT2D eigenvalue weighted by atomic mass is 31.2. The molecule has 1 aliphatic heterocycles. The number of likely N-dealkylation sites (N-methyl/N-ethyl adjacent to an activating group) is 1. The first-order valence-electron chi connectivity index (χ1n) is 24.3. The standard InChI is InChI=1S/C54H67N8O7P/c1-41-17-24-48(37-50(41)60-54-57-28-25-49(59-54)46-16-12-26-55-38-46)58-53(64)45-21-18-43(19-22-45)39-61-29-31-62(2,32-30-61)40-47-23-20-44(35-51(47)69-70(65,66)67)36-52(63)56-27-9-3-4-10-33-68-34-11-8-15-42-13-6-5-7-14-42/h5-7,12-14,16-26,28,35,37-38,52,56,63H,3-4,8-11,15,27,29-34,36,39-40H2,1-2H3,(H3-,57,58,59,60,64,65,66,67)/p+1. The van der Waals surface area contributed by atoms with Crippen molar-refractivity contribution in [1.82, 2.24) is 25.2 Å². The van der Waals surface area contributed by atoms with Gasteiger partial charge in [-0.1, -0.05) is 67.4 Å². The van der Waals surface area contributed by atoms with E-state index in [0.717, 1.165) is 125 Å². The summed E-state index contributed by atoms with van der Waals surface area (Å²) in [5.74, 6) is 0.356. The number of aryl methyl sites for hydroxylation is 2. The number of nitrogens with zero attached hydrogens (tertiary/aromatic N) is 5. The van der Waals surface area contributed by atoms with Gasteiger partial charge in [-0.15, -0.1) is 0 Å². The molecule has 1 aliphatic rings. The van der Waals surface area contributed by atoms with Crippen molar-refractivity contribution in [3.63, 3.8) is 0 Å². The van der Waals surface area contributed by atoms with Gasteiger partial charge < -0.3 is 29.5 Å². The third kappa shape index (κ3) is 16.9. The van der Waals surface area contributed by atoms with Gasteiger partial charge >= 0.3 is 7.82 Å². The Balaban J connectivity index is 0.817. The number of anilines is 3. The lowest BCUT2D eigenvalue weighted by atomic mass is 10.0. The fraction of sp³-hybridized carbons (Fsp3) is 0.370. The van der Waals surface area contributed by atoms with Crippen molar-refractivity contribution < 1.29 is 38.0 Å². The number of benzene rings is 4. The lowest BCUT2D eigenvalue weighted by Gasteiger charge is -2.42. The molecule has 1 saturated heterocycles. The van der Waals surface area contributed by atoms with Crippen LogP contribution in [0.1, 0.15) is 76.7 Å². The zero-order valence-corrected chi connectivity index (χ0v) is 41.3. The Morgan fingerprint density at radius 1 is 0.829 bits per heavy atom. The second-order valence-electron chi connectivity index (χ2n) is 18.5. The molecule has 0 saturated carbocycles. The minimum atomic E-state index is -4.83. The Hall–Kier alpha value is -5.87. The quantitative estimate of drug-likeness (QED) is 0.0131. The molecule has 2 aromatic heterocycles. The average molecular weight is 972 g/mol. The lowest BCUT2D eigenvalue weighted by molar-refractivity contribution is -0.926. The predicted molar refractivity (Wildman–Crippen MR) is 275 cm³/mol. The van der Waals surface area contributed by atoms with Crippen LogP contribution in [-0.4, -0.2) is 104 Å². The normalized spacial score (nSPS) is 14.2. The van der Waals surface area contributed by atoms with Gasteiger partial charge in [0, 0.05) is 85.9 Å². The molecule has 1 atom stereocenters. The van der Waals surface area contributed by atoms with Crippen molar-refractivity contribution in [2.45, 2.75) is 77.6 Å². The van der Waals surface area contributed by atoms with E-state index in [-0.39, 0.29) is 18.1 Å². The Morgan fingerprint density at radius 2 is 1.59 bits per heavy atom. The Labute approximate surface area is 412 Å². The topological polar surface area (TPSA) is 191 Å². The van der Waals surface area contributed by atoms with Crippen molar-refractivity contribution in [2.24, 2.45) is 0 Å². The maximum Gasteiger partial charge on any atom is 0.524 e. The molecule has 1 amide bonds. The third-order valence-corrected chi connectivity index (χ3v) is 13.1. The van der Waals surface area contributed by atoms with E-state index in [4.69, 9.17) is 9.26 Å². The number of aromatic nitrogens is 3. The highest BCUT2D eigenvalue weighted by molar-refractivity contribution is 7.46. The van der Waals surface area contributed by atoms with E-state index >= 15 is 0 Å². The van der Waals surface area contributed by atoms with E-state index in [9.17, 15) is 24.3 Å². The van der Waals surface area contributed by atoms with Crippen LogP contribution in [0.3, 0.4) is 0 Å². The van der Waals surface area contributed by atoms with Gasteiger partial charge in [-0.25, -0.2) is 14.5 Å². The van der Waals surface area contributed by atoms with Gasteiger partial charge in [0.1, 0.15) is 18.5 Å². The maximum atomic E-state index is 13.3. The molecule has 0 spiro atoms. The number of phosphoric acid groups is 1. The summed E-state index contributed by atoms with van der Waals surface area (Å²) in [6, 6.07) is 34.9. The summed E-state index contributed by atoms with van der Waals surface area (Å²) >= 11 is 0. The zero-order valence-electron chi connectivity index (χ0n) is 40.4. The smallest absolute Gasteiger partial charge is 0.404 e. The first-order chi connectivity index (χ1) is 33.9. The molecule has 16 heteroatoms. The maximum absolute atomic E-state index is 13.3. The van der Waals surface area contributed by atoms with Crippen molar-refractivity contribution in [3.8, 4) is 17.0 Å². The van der Waals surface area contributed by atoms with Crippen LogP contribution in [0.25, 0.3) is 11.3 Å². The largest absolute Gasteiger partial charge is 0.524 e. The Bertz CT molecular complexity index is 2610. The van der Waals surface area contributed by atoms with Gasteiger partial charge in [0.25, 0.3) is 5.91 Å². The fourth-order valence-electron chi connectivity index (χ4n) is 8.59. The van der Waals surface area contributed by atoms with E-state index < -0.39 is 14.1 Å². The zero-order chi connectivity index (χ0) is 49.2. The summed E-state index contributed by atoms with van der Waals surface area (Å²) in [6.07, 6.45) is 12.0. The molecule has 7 rings (SSSR count). The van der Waals surface area contributed by atoms with Crippen molar-refractivity contribution in [1.29, 1.82) is 0 Å². The molecular formula is C54H68N8O7P+. The second-order valence-corrected chi connectivity index (χ2v) is 19.6. The molecule has 1 fully saturated rings. The number of piperazine rings is 1. The Morgan fingerprint density at radius 3 is 2.34 bits per heavy atom. The van der Waals surface area contributed by atoms with Gasteiger partial charge in [0.05, 0.1) is 25.8 Å². The van der Waals surface area contributed by atoms with Crippen LogP contribution in [0.15, 0.2) is 128 Å². The fourth-order valence-corrected chi connectivity index (χ4v) is 9.01. The van der Waals surface area contributed by atoms with Crippen LogP contribution >= 0.6 is 7.82 Å². The van der Waals surface area contributed by atoms with Gasteiger partial charge in [0.15, 0.2) is 0 Å². The number of pyridine rings is 1.